The minimum Gasteiger partial charge on any atom is -0.481 e. The molecule has 1 N–H and O–H groups in total. The highest BCUT2D eigenvalue weighted by molar-refractivity contribution is 5.70. The van der Waals surface area contributed by atoms with E-state index < -0.39 is 5.97 Å². The summed E-state index contributed by atoms with van der Waals surface area (Å²) < 4.78 is 0. The smallest absolute Gasteiger partial charge is 0.306 e. The molecule has 0 radical (unpaired) electrons. The molecular weight excluding hydrogens is 392 g/mol. The van der Waals surface area contributed by atoms with Crippen LogP contribution in [-0.4, -0.2) is 23.3 Å². The lowest BCUT2D eigenvalue weighted by atomic mass is 9.75. The SMILES string of the molecule is O=C(O)C1CCC2CC1CCC=CC=CC=CC=CCCCCC=CC1CC1OOO2. The van der Waals surface area contributed by atoms with Crippen molar-refractivity contribution < 1.29 is 24.7 Å². The Morgan fingerprint density at radius 1 is 0.774 bits per heavy atom. The second kappa shape index (κ2) is 13.5. The first-order valence-corrected chi connectivity index (χ1v) is 11.8. The Labute approximate surface area is 186 Å². The van der Waals surface area contributed by atoms with Crippen molar-refractivity contribution in [2.75, 3.05) is 0 Å². The van der Waals surface area contributed by atoms with Crippen molar-refractivity contribution in [1.82, 2.24) is 0 Å². The van der Waals surface area contributed by atoms with Gasteiger partial charge in [-0.25, -0.2) is 9.78 Å². The van der Waals surface area contributed by atoms with Gasteiger partial charge in [-0.2, -0.15) is 0 Å². The van der Waals surface area contributed by atoms with Crippen LogP contribution in [-0.2, 0) is 19.6 Å². The molecule has 170 valence electrons. The minimum atomic E-state index is -0.705. The van der Waals surface area contributed by atoms with E-state index in [-0.39, 0.29) is 24.0 Å². The van der Waals surface area contributed by atoms with E-state index in [4.69, 9.17) is 14.8 Å². The van der Waals surface area contributed by atoms with Crippen molar-refractivity contribution in [3.8, 4) is 0 Å². The predicted molar refractivity (Wildman–Crippen MR) is 121 cm³/mol. The van der Waals surface area contributed by atoms with Crippen LogP contribution in [0, 0.1) is 17.8 Å². The average molecular weight is 429 g/mol. The average Bonchev–Trinajstić information content (AvgIpc) is 3.50. The van der Waals surface area contributed by atoms with Gasteiger partial charge in [0.05, 0.1) is 12.0 Å². The van der Waals surface area contributed by atoms with E-state index in [1.807, 2.05) is 24.3 Å². The number of rotatable bonds is 1. The molecule has 0 spiro atoms. The monoisotopic (exact) mass is 428 g/mol. The van der Waals surface area contributed by atoms with Crippen LogP contribution in [0.1, 0.15) is 64.2 Å². The Morgan fingerprint density at radius 3 is 2.26 bits per heavy atom. The molecule has 0 amide bonds. The zero-order valence-electron chi connectivity index (χ0n) is 18.3. The third-order valence-corrected chi connectivity index (χ3v) is 6.28. The number of carbonyl (C=O) groups is 1. The maximum absolute atomic E-state index is 11.6. The lowest BCUT2D eigenvalue weighted by molar-refractivity contribution is -0.533. The molecule has 2 saturated carbocycles. The molecule has 5 unspecified atom stereocenters. The van der Waals surface area contributed by atoms with Gasteiger partial charge in [-0.15, -0.1) is 0 Å². The zero-order valence-corrected chi connectivity index (χ0v) is 18.3. The van der Waals surface area contributed by atoms with Crippen LogP contribution in [0.4, 0.5) is 0 Å². The quantitative estimate of drug-likeness (QED) is 0.394. The second-order valence-corrected chi connectivity index (χ2v) is 8.75. The van der Waals surface area contributed by atoms with Gasteiger partial charge in [-0.05, 0) is 70.1 Å². The highest BCUT2D eigenvalue weighted by Gasteiger charge is 2.39. The molecular formula is C26H36O5. The van der Waals surface area contributed by atoms with Crippen molar-refractivity contribution in [1.29, 1.82) is 0 Å². The molecule has 5 nitrogen and oxygen atoms in total. The summed E-state index contributed by atoms with van der Waals surface area (Å²) in [6.07, 6.45) is 30.2. The predicted octanol–water partition coefficient (Wildman–Crippen LogP) is 6.26. The van der Waals surface area contributed by atoms with E-state index >= 15 is 0 Å². The van der Waals surface area contributed by atoms with E-state index in [1.54, 1.807) is 0 Å². The summed E-state index contributed by atoms with van der Waals surface area (Å²) in [5.74, 6) is -0.519. The standard InChI is InChI=1S/C26H36O5/c27-26(28)24-18-17-23-19-21(24)15-13-11-9-7-5-3-1-2-4-6-8-10-12-14-16-22-20-25(22)30-31-29-23/h1-5,7,9,11,14,16,21-25H,6,8,10,12-13,15,17-20H2,(H,27,28). The summed E-state index contributed by atoms with van der Waals surface area (Å²) in [4.78, 5) is 22.5. The van der Waals surface area contributed by atoms with Crippen molar-refractivity contribution >= 4 is 5.97 Å². The van der Waals surface area contributed by atoms with Gasteiger partial charge >= 0.3 is 5.97 Å². The first-order chi connectivity index (χ1) is 15.2. The van der Waals surface area contributed by atoms with Crippen molar-refractivity contribution in [3.05, 3.63) is 60.8 Å². The molecule has 0 aromatic rings. The van der Waals surface area contributed by atoms with Gasteiger partial charge in [0.1, 0.15) is 6.10 Å². The molecule has 3 rings (SSSR count). The maximum Gasteiger partial charge on any atom is 0.306 e. The number of aliphatic carboxylic acids is 1. The molecule has 5 atom stereocenters. The normalized spacial score (nSPS) is 33.4. The number of carboxylic acids is 1. The lowest BCUT2D eigenvalue weighted by Crippen LogP contribution is -2.34. The molecule has 2 bridgehead atoms. The highest BCUT2D eigenvalue weighted by Crippen LogP contribution is 2.37. The van der Waals surface area contributed by atoms with E-state index in [0.29, 0.717) is 25.2 Å². The first-order valence-electron chi connectivity index (χ1n) is 11.8. The van der Waals surface area contributed by atoms with Crippen molar-refractivity contribution in [2.24, 2.45) is 17.8 Å². The van der Waals surface area contributed by atoms with Crippen molar-refractivity contribution in [3.63, 3.8) is 0 Å². The van der Waals surface area contributed by atoms with Crippen LogP contribution in [0.15, 0.2) is 60.8 Å². The Bertz CT molecular complexity index is 690. The lowest BCUT2D eigenvalue weighted by Gasteiger charge is -2.32. The molecule has 0 aromatic heterocycles. The van der Waals surface area contributed by atoms with Crippen LogP contribution in [0.3, 0.4) is 0 Å². The van der Waals surface area contributed by atoms with Gasteiger partial charge in [0.25, 0.3) is 0 Å². The number of hydrogen-bond acceptors (Lipinski definition) is 4. The number of hydrogen-bond donors (Lipinski definition) is 1. The summed E-state index contributed by atoms with van der Waals surface area (Å²) in [6, 6.07) is 0. The van der Waals surface area contributed by atoms with Gasteiger partial charge in [0.15, 0.2) is 0 Å². The Balaban J connectivity index is 1.53. The third-order valence-electron chi connectivity index (χ3n) is 6.28. The van der Waals surface area contributed by atoms with Gasteiger partial charge in [0.2, 0.25) is 0 Å². The van der Waals surface area contributed by atoms with Crippen LogP contribution < -0.4 is 0 Å². The Kier molecular flexibility index (Phi) is 10.3. The summed E-state index contributed by atoms with van der Waals surface area (Å²) in [5.41, 5.74) is 0. The van der Waals surface area contributed by atoms with Gasteiger partial charge in [0, 0.05) is 5.92 Å². The molecule has 5 heteroatoms. The zero-order chi connectivity index (χ0) is 21.7. The summed E-state index contributed by atoms with van der Waals surface area (Å²) in [6.45, 7) is 0. The molecule has 0 aromatic carbocycles. The molecule has 31 heavy (non-hydrogen) atoms. The van der Waals surface area contributed by atoms with Gasteiger partial charge in [-0.1, -0.05) is 65.8 Å². The number of carboxylic acid groups (broad SMARTS) is 1. The highest BCUT2D eigenvalue weighted by atomic mass is 17.5. The first kappa shape index (κ1) is 23.7. The maximum atomic E-state index is 11.6. The van der Waals surface area contributed by atoms with Crippen LogP contribution in [0.2, 0.25) is 0 Å². The summed E-state index contributed by atoms with van der Waals surface area (Å²) in [7, 11) is 0. The van der Waals surface area contributed by atoms with Gasteiger partial charge < -0.3 is 5.11 Å². The number of fused-ring (bicyclic) bond motifs is 3. The number of allylic oxidation sites excluding steroid dienone is 9. The van der Waals surface area contributed by atoms with E-state index in [2.05, 4.69) is 36.5 Å². The van der Waals surface area contributed by atoms with Crippen LogP contribution >= 0.6 is 0 Å². The minimum absolute atomic E-state index is 0.0702. The Hall–Kier alpha value is -1.95. The fourth-order valence-corrected chi connectivity index (χ4v) is 4.30. The van der Waals surface area contributed by atoms with E-state index in [0.717, 1.165) is 32.1 Å². The summed E-state index contributed by atoms with van der Waals surface area (Å²) in [5, 5.41) is 14.7. The third kappa shape index (κ3) is 8.98. The van der Waals surface area contributed by atoms with E-state index in [9.17, 15) is 9.90 Å². The second-order valence-electron chi connectivity index (χ2n) is 8.75. The van der Waals surface area contributed by atoms with Crippen LogP contribution in [0.5, 0.6) is 0 Å². The largest absolute Gasteiger partial charge is 0.481 e. The Morgan fingerprint density at radius 2 is 1.48 bits per heavy atom. The fourth-order valence-electron chi connectivity index (χ4n) is 4.30. The fraction of sp³-hybridized carbons (Fsp3) is 0.577. The topological polar surface area (TPSA) is 65.0 Å². The molecule has 2 fully saturated rings. The van der Waals surface area contributed by atoms with Crippen LogP contribution in [0.25, 0.3) is 0 Å². The molecule has 0 saturated heterocycles. The van der Waals surface area contributed by atoms with E-state index in [1.165, 1.54) is 12.8 Å². The van der Waals surface area contributed by atoms with Gasteiger partial charge in [-0.3, -0.25) is 4.79 Å². The molecule has 1 heterocycles. The van der Waals surface area contributed by atoms with Crippen molar-refractivity contribution in [2.45, 2.75) is 76.4 Å². The molecule has 3 aliphatic rings. The molecule has 2 aliphatic carbocycles. The summed E-state index contributed by atoms with van der Waals surface area (Å²) >= 11 is 0. The molecule has 1 aliphatic heterocycles.